The molecule has 1 atom stereocenters. The van der Waals surface area contributed by atoms with Gasteiger partial charge >= 0.3 is 6.09 Å². The van der Waals surface area contributed by atoms with Crippen LogP contribution in [0.25, 0.3) is 10.9 Å². The van der Waals surface area contributed by atoms with Crippen LogP contribution in [0.3, 0.4) is 0 Å². The number of piperazine rings is 1. The van der Waals surface area contributed by atoms with Crippen LogP contribution in [-0.4, -0.2) is 52.7 Å². The second kappa shape index (κ2) is 5.09. The number of pyridine rings is 1. The lowest BCUT2D eigenvalue weighted by Crippen LogP contribution is -2.48. The number of aromatic nitrogens is 1. The van der Waals surface area contributed by atoms with Crippen LogP contribution >= 0.6 is 0 Å². The van der Waals surface area contributed by atoms with Gasteiger partial charge in [0.05, 0.1) is 11.6 Å². The average Bonchev–Trinajstić information content (AvgIpc) is 2.46. The minimum absolute atomic E-state index is 0.140. The van der Waals surface area contributed by atoms with E-state index < -0.39 is 6.09 Å². The molecule has 3 rings (SSSR count). The van der Waals surface area contributed by atoms with Gasteiger partial charge in [0, 0.05) is 31.2 Å². The van der Waals surface area contributed by atoms with E-state index in [2.05, 4.69) is 9.88 Å². The van der Waals surface area contributed by atoms with Gasteiger partial charge < -0.3 is 10.0 Å². The van der Waals surface area contributed by atoms with E-state index in [-0.39, 0.29) is 6.04 Å². The Morgan fingerprint density at radius 1 is 1.30 bits per heavy atom. The Balaban J connectivity index is 2.09. The van der Waals surface area contributed by atoms with Crippen molar-refractivity contribution in [2.45, 2.75) is 6.04 Å². The van der Waals surface area contributed by atoms with Crippen molar-refractivity contribution >= 4 is 17.0 Å². The Hall–Kier alpha value is -2.14. The molecule has 1 amide bonds. The minimum Gasteiger partial charge on any atom is -0.465 e. The van der Waals surface area contributed by atoms with Gasteiger partial charge in [0.25, 0.3) is 0 Å². The van der Waals surface area contributed by atoms with Crippen LogP contribution in [0.5, 0.6) is 0 Å². The number of likely N-dealkylation sites (N-methyl/N-ethyl adjacent to an activating group) is 1. The van der Waals surface area contributed by atoms with Gasteiger partial charge in [0.2, 0.25) is 0 Å². The van der Waals surface area contributed by atoms with E-state index in [9.17, 15) is 9.90 Å². The first-order valence-corrected chi connectivity index (χ1v) is 6.68. The molecule has 0 aliphatic carbocycles. The van der Waals surface area contributed by atoms with Crippen LogP contribution in [0.4, 0.5) is 4.79 Å². The fourth-order valence-corrected chi connectivity index (χ4v) is 2.82. The molecule has 5 heteroatoms. The topological polar surface area (TPSA) is 56.7 Å². The highest BCUT2D eigenvalue weighted by Crippen LogP contribution is 2.29. The van der Waals surface area contributed by atoms with E-state index in [1.165, 1.54) is 4.90 Å². The number of amides is 1. The van der Waals surface area contributed by atoms with Crippen molar-refractivity contribution in [3.05, 3.63) is 42.1 Å². The van der Waals surface area contributed by atoms with Gasteiger partial charge in [-0.3, -0.25) is 9.88 Å². The van der Waals surface area contributed by atoms with Gasteiger partial charge in [-0.1, -0.05) is 18.2 Å². The molecule has 2 aromatic rings. The molecule has 104 valence electrons. The number of rotatable bonds is 1. The van der Waals surface area contributed by atoms with Crippen molar-refractivity contribution in [1.82, 2.24) is 14.8 Å². The highest BCUT2D eigenvalue weighted by atomic mass is 16.4. The maximum absolute atomic E-state index is 11.5. The first kappa shape index (κ1) is 12.9. The Labute approximate surface area is 117 Å². The number of hydrogen-bond donors (Lipinski definition) is 1. The molecule has 20 heavy (non-hydrogen) atoms. The summed E-state index contributed by atoms with van der Waals surface area (Å²) in [4.78, 5) is 19.5. The lowest BCUT2D eigenvalue weighted by atomic mass is 9.99. The van der Waals surface area contributed by atoms with E-state index in [0.717, 1.165) is 23.0 Å². The standard InChI is InChI=1S/C15H17N3O2/c1-17-8-9-18(15(19)20)14(10-17)12-6-7-16-13-5-3-2-4-11(12)13/h2-7,14H,8-10H2,1H3,(H,19,20). The summed E-state index contributed by atoms with van der Waals surface area (Å²) in [6.07, 6.45) is 0.899. The summed E-state index contributed by atoms with van der Waals surface area (Å²) in [5.74, 6) is 0. The normalized spacial score (nSPS) is 20.2. The van der Waals surface area contributed by atoms with Crippen LogP contribution in [0, 0.1) is 0 Å². The molecular formula is C15H17N3O2. The van der Waals surface area contributed by atoms with E-state index in [0.29, 0.717) is 13.1 Å². The molecule has 0 spiro atoms. The lowest BCUT2D eigenvalue weighted by Gasteiger charge is -2.38. The maximum Gasteiger partial charge on any atom is 0.407 e. The molecule has 0 saturated carbocycles. The molecule has 5 nitrogen and oxygen atoms in total. The molecule has 1 unspecified atom stereocenters. The number of para-hydroxylation sites is 1. The van der Waals surface area contributed by atoms with Gasteiger partial charge in [-0.05, 0) is 24.7 Å². The highest BCUT2D eigenvalue weighted by molar-refractivity contribution is 5.83. The molecular weight excluding hydrogens is 254 g/mol. The second-order valence-corrected chi connectivity index (χ2v) is 5.17. The minimum atomic E-state index is -0.857. The molecule has 2 heterocycles. The summed E-state index contributed by atoms with van der Waals surface area (Å²) in [5.41, 5.74) is 1.94. The second-order valence-electron chi connectivity index (χ2n) is 5.17. The van der Waals surface area contributed by atoms with Gasteiger partial charge in [0.1, 0.15) is 0 Å². The predicted octanol–water partition coefficient (Wildman–Crippen LogP) is 2.20. The number of benzene rings is 1. The van der Waals surface area contributed by atoms with E-state index in [4.69, 9.17) is 0 Å². The summed E-state index contributed by atoms with van der Waals surface area (Å²) in [5, 5.41) is 10.4. The van der Waals surface area contributed by atoms with Gasteiger partial charge in [0.15, 0.2) is 0 Å². The summed E-state index contributed by atoms with van der Waals surface area (Å²) in [6.45, 7) is 2.01. The van der Waals surface area contributed by atoms with Crippen molar-refractivity contribution in [2.24, 2.45) is 0 Å². The maximum atomic E-state index is 11.5. The average molecular weight is 271 g/mol. The predicted molar refractivity (Wildman–Crippen MR) is 76.7 cm³/mol. The fourth-order valence-electron chi connectivity index (χ4n) is 2.82. The number of hydrogen-bond acceptors (Lipinski definition) is 3. The Morgan fingerprint density at radius 2 is 2.10 bits per heavy atom. The third kappa shape index (κ3) is 2.20. The van der Waals surface area contributed by atoms with Gasteiger partial charge in [-0.15, -0.1) is 0 Å². The molecule has 1 saturated heterocycles. The molecule has 1 aliphatic rings. The largest absolute Gasteiger partial charge is 0.465 e. The van der Waals surface area contributed by atoms with Crippen LogP contribution in [0.15, 0.2) is 36.5 Å². The monoisotopic (exact) mass is 271 g/mol. The van der Waals surface area contributed by atoms with E-state index in [1.54, 1.807) is 6.20 Å². The SMILES string of the molecule is CN1CCN(C(=O)O)C(c2ccnc3ccccc23)C1. The summed E-state index contributed by atoms with van der Waals surface area (Å²) in [7, 11) is 2.02. The third-order valence-electron chi connectivity index (χ3n) is 3.87. The smallest absolute Gasteiger partial charge is 0.407 e. The van der Waals surface area contributed by atoms with Crippen LogP contribution in [0.2, 0.25) is 0 Å². The Morgan fingerprint density at radius 3 is 2.90 bits per heavy atom. The van der Waals surface area contributed by atoms with E-state index in [1.807, 2.05) is 37.4 Å². The number of fused-ring (bicyclic) bond motifs is 1. The Bertz CT molecular complexity index is 639. The zero-order chi connectivity index (χ0) is 14.1. The summed E-state index contributed by atoms with van der Waals surface area (Å²) in [6, 6.07) is 9.66. The highest BCUT2D eigenvalue weighted by Gasteiger charge is 2.31. The van der Waals surface area contributed by atoms with Crippen molar-refractivity contribution < 1.29 is 9.90 Å². The Kier molecular flexibility index (Phi) is 3.28. The van der Waals surface area contributed by atoms with Crippen molar-refractivity contribution in [2.75, 3.05) is 26.7 Å². The fraction of sp³-hybridized carbons (Fsp3) is 0.333. The first-order valence-electron chi connectivity index (χ1n) is 6.68. The molecule has 1 N–H and O–H groups in total. The third-order valence-corrected chi connectivity index (χ3v) is 3.87. The number of nitrogens with zero attached hydrogens (tertiary/aromatic N) is 3. The summed E-state index contributed by atoms with van der Waals surface area (Å²) >= 11 is 0. The first-order chi connectivity index (χ1) is 9.66. The lowest BCUT2D eigenvalue weighted by molar-refractivity contribution is 0.0780. The quantitative estimate of drug-likeness (QED) is 0.864. The molecule has 0 bridgehead atoms. The molecule has 1 aromatic heterocycles. The summed E-state index contributed by atoms with van der Waals surface area (Å²) < 4.78 is 0. The van der Waals surface area contributed by atoms with Crippen molar-refractivity contribution in [1.29, 1.82) is 0 Å². The van der Waals surface area contributed by atoms with Gasteiger partial charge in [-0.25, -0.2) is 4.79 Å². The zero-order valence-electron chi connectivity index (χ0n) is 11.4. The zero-order valence-corrected chi connectivity index (χ0v) is 11.4. The van der Waals surface area contributed by atoms with E-state index >= 15 is 0 Å². The number of carboxylic acid groups (broad SMARTS) is 1. The van der Waals surface area contributed by atoms with Crippen molar-refractivity contribution in [3.63, 3.8) is 0 Å². The molecule has 0 radical (unpaired) electrons. The van der Waals surface area contributed by atoms with Crippen molar-refractivity contribution in [3.8, 4) is 0 Å². The molecule has 1 aromatic carbocycles. The molecule has 1 fully saturated rings. The molecule has 1 aliphatic heterocycles. The number of carbonyl (C=O) groups is 1. The van der Waals surface area contributed by atoms with Crippen LogP contribution in [0.1, 0.15) is 11.6 Å². The van der Waals surface area contributed by atoms with Crippen LogP contribution < -0.4 is 0 Å². The van der Waals surface area contributed by atoms with Crippen LogP contribution in [-0.2, 0) is 0 Å². The van der Waals surface area contributed by atoms with Gasteiger partial charge in [-0.2, -0.15) is 0 Å².